The third kappa shape index (κ3) is 5.59. The van der Waals surface area contributed by atoms with Crippen molar-refractivity contribution in [3.63, 3.8) is 0 Å². The fraction of sp³-hybridized carbons (Fsp3) is 0.207. The van der Waals surface area contributed by atoms with Crippen LogP contribution in [0.4, 0.5) is 17.1 Å². The largest absolute Gasteiger partial charge is 0.496 e. The monoisotopic (exact) mass is 591 g/mol. The Hall–Kier alpha value is -4.48. The number of methoxy groups -OCH3 is 1. The Bertz CT molecular complexity index is 1630. The molecular weight excluding hydrogens is 566 g/mol. The summed E-state index contributed by atoms with van der Waals surface area (Å²) in [4.78, 5) is 29.5. The highest BCUT2D eigenvalue weighted by atomic mass is 35.5. The van der Waals surface area contributed by atoms with Gasteiger partial charge in [-0.25, -0.2) is 0 Å². The van der Waals surface area contributed by atoms with Crippen molar-refractivity contribution in [2.45, 2.75) is 25.9 Å². The maximum Gasteiger partial charge on any atom is 0.273 e. The number of aromatic nitrogens is 1. The molecule has 0 saturated carbocycles. The van der Waals surface area contributed by atoms with Crippen LogP contribution in [0.1, 0.15) is 37.4 Å². The van der Waals surface area contributed by atoms with Crippen molar-refractivity contribution in [2.75, 3.05) is 17.3 Å². The first-order chi connectivity index (χ1) is 19.7. The van der Waals surface area contributed by atoms with E-state index in [4.69, 9.17) is 33.0 Å². The van der Waals surface area contributed by atoms with Crippen LogP contribution in [0.5, 0.6) is 5.75 Å². The van der Waals surface area contributed by atoms with Crippen LogP contribution in [-0.2, 0) is 4.79 Å². The molecule has 2 N–H and O–H groups in total. The van der Waals surface area contributed by atoms with E-state index in [1.165, 1.54) is 19.2 Å². The van der Waals surface area contributed by atoms with Crippen molar-refractivity contribution in [2.24, 2.45) is 5.92 Å². The average molecular weight is 592 g/mol. The Morgan fingerprint density at radius 1 is 1.20 bits per heavy atom. The second kappa shape index (κ2) is 11.6. The summed E-state index contributed by atoms with van der Waals surface area (Å²) in [6.07, 6.45) is 1.71. The molecule has 1 aliphatic rings. The van der Waals surface area contributed by atoms with Crippen molar-refractivity contribution >= 4 is 51.9 Å². The summed E-state index contributed by atoms with van der Waals surface area (Å²) >= 11 is 12.4. The summed E-state index contributed by atoms with van der Waals surface area (Å²) in [6, 6.07) is 18.0. The zero-order chi connectivity index (χ0) is 29.3. The number of nitrogens with zero attached hydrogens (tertiary/aromatic N) is 3. The first-order valence-electron chi connectivity index (χ1n) is 12.7. The first-order valence-corrected chi connectivity index (χ1v) is 13.5. The summed E-state index contributed by atoms with van der Waals surface area (Å²) in [6.45, 7) is 3.61. The van der Waals surface area contributed by atoms with E-state index in [9.17, 15) is 14.9 Å². The number of anilines is 2. The van der Waals surface area contributed by atoms with Gasteiger partial charge in [-0.3, -0.25) is 19.9 Å². The van der Waals surface area contributed by atoms with Crippen molar-refractivity contribution in [3.05, 3.63) is 99.5 Å². The smallest absolute Gasteiger partial charge is 0.273 e. The minimum absolute atomic E-state index is 0.0889. The Balaban J connectivity index is 1.56. The van der Waals surface area contributed by atoms with Gasteiger partial charge in [-0.1, -0.05) is 31.5 Å². The fourth-order valence-corrected chi connectivity index (χ4v) is 5.18. The number of benzene rings is 2. The average Bonchev–Trinajstić information content (AvgIpc) is 3.58. The molecule has 4 aromatic rings. The highest BCUT2D eigenvalue weighted by molar-refractivity contribution is 7.80. The Morgan fingerprint density at radius 2 is 2.00 bits per heavy atom. The van der Waals surface area contributed by atoms with Crippen LogP contribution in [0.15, 0.2) is 77.3 Å². The van der Waals surface area contributed by atoms with Crippen LogP contribution < -0.4 is 20.3 Å². The van der Waals surface area contributed by atoms with E-state index < -0.39 is 11.0 Å². The maximum absolute atomic E-state index is 12.2. The molecule has 1 saturated heterocycles. The molecule has 0 spiro atoms. The molecule has 210 valence electrons. The molecule has 0 radical (unpaired) electrons. The van der Waals surface area contributed by atoms with Gasteiger partial charge in [-0.2, -0.15) is 0 Å². The topological polar surface area (TPSA) is 123 Å². The van der Waals surface area contributed by atoms with Crippen LogP contribution >= 0.6 is 23.8 Å². The molecule has 2 unspecified atom stereocenters. The van der Waals surface area contributed by atoms with Gasteiger partial charge in [0.05, 0.1) is 46.1 Å². The van der Waals surface area contributed by atoms with E-state index in [0.29, 0.717) is 44.3 Å². The van der Waals surface area contributed by atoms with Crippen molar-refractivity contribution in [1.82, 2.24) is 10.3 Å². The lowest BCUT2D eigenvalue weighted by Gasteiger charge is -2.26. The number of non-ortho nitro benzene ring substituents is 1. The van der Waals surface area contributed by atoms with Crippen molar-refractivity contribution in [3.8, 4) is 17.1 Å². The number of rotatable bonds is 8. The van der Waals surface area contributed by atoms with E-state index in [2.05, 4.69) is 15.6 Å². The molecule has 1 fully saturated rings. The molecule has 12 heteroatoms. The number of halogens is 1. The minimum atomic E-state index is -0.481. The van der Waals surface area contributed by atoms with E-state index in [1.807, 2.05) is 35.2 Å². The van der Waals surface area contributed by atoms with E-state index >= 15 is 0 Å². The standard InChI is InChI=1S/C29H26ClN5O5S/c1-16(2)28(36)32-21-10-8-17(14-20(21)30)34-27(26(33-29(34)41)22-6-4-5-13-31-22)24-12-11-23(40-24)19-9-7-18(35(37)38)15-25(19)39-3/h4-16,26-27H,1-3H3,(H,32,36)(H,33,41). The van der Waals surface area contributed by atoms with Crippen LogP contribution in [0.2, 0.25) is 5.02 Å². The van der Waals surface area contributed by atoms with Gasteiger partial charge in [0.15, 0.2) is 5.11 Å². The molecule has 3 heterocycles. The molecule has 0 bridgehead atoms. The zero-order valence-corrected chi connectivity index (χ0v) is 23.9. The number of nitro groups is 1. The number of hydrogen-bond acceptors (Lipinski definition) is 7. The van der Waals surface area contributed by atoms with Gasteiger partial charge in [-0.15, -0.1) is 0 Å². The van der Waals surface area contributed by atoms with E-state index in [-0.39, 0.29) is 23.6 Å². The molecule has 2 atom stereocenters. The molecule has 2 aromatic carbocycles. The van der Waals surface area contributed by atoms with Gasteiger partial charge in [-0.05, 0) is 60.7 Å². The van der Waals surface area contributed by atoms with E-state index in [1.54, 1.807) is 44.3 Å². The van der Waals surface area contributed by atoms with Crippen LogP contribution in [-0.4, -0.2) is 28.0 Å². The number of carbonyl (C=O) groups excluding carboxylic acids is 1. The molecule has 0 aliphatic carbocycles. The molecule has 1 amide bonds. The third-order valence-corrected chi connectivity index (χ3v) is 7.32. The summed E-state index contributed by atoms with van der Waals surface area (Å²) in [7, 11) is 1.45. The Labute approximate surface area is 246 Å². The lowest BCUT2D eigenvalue weighted by atomic mass is 10.0. The molecule has 41 heavy (non-hydrogen) atoms. The third-order valence-electron chi connectivity index (χ3n) is 6.69. The number of nitrogens with one attached hydrogen (secondary N) is 2. The number of pyridine rings is 1. The van der Waals surface area contributed by atoms with Gasteiger partial charge in [0.2, 0.25) is 5.91 Å². The highest BCUT2D eigenvalue weighted by Crippen LogP contribution is 2.45. The summed E-state index contributed by atoms with van der Waals surface area (Å²) < 4.78 is 11.8. The summed E-state index contributed by atoms with van der Waals surface area (Å²) in [5, 5.41) is 18.3. The normalized spacial score (nSPS) is 16.5. The van der Waals surface area contributed by atoms with Crippen LogP contribution in [0.3, 0.4) is 0 Å². The molecular formula is C29H26ClN5O5S. The number of furan rings is 1. The van der Waals surface area contributed by atoms with Crippen molar-refractivity contribution < 1.29 is 18.9 Å². The van der Waals surface area contributed by atoms with Gasteiger partial charge < -0.3 is 24.7 Å². The quantitative estimate of drug-likeness (QED) is 0.131. The lowest BCUT2D eigenvalue weighted by Crippen LogP contribution is -2.29. The number of amides is 1. The SMILES string of the molecule is COc1cc([N+](=O)[O-])ccc1-c1ccc(C2C(c3ccccn3)NC(=S)N2c2ccc(NC(=O)C(C)C)c(Cl)c2)o1. The Kier molecular flexibility index (Phi) is 7.91. The number of carbonyl (C=O) groups is 1. The highest BCUT2D eigenvalue weighted by Gasteiger charge is 2.43. The summed E-state index contributed by atoms with van der Waals surface area (Å²) in [5.41, 5.74) is 2.40. The Morgan fingerprint density at radius 3 is 2.66 bits per heavy atom. The maximum atomic E-state index is 12.2. The number of thiocarbonyl (C=S) groups is 1. The van der Waals surface area contributed by atoms with Gasteiger partial charge in [0, 0.05) is 23.9 Å². The molecule has 5 rings (SSSR count). The molecule has 2 aromatic heterocycles. The minimum Gasteiger partial charge on any atom is -0.496 e. The van der Waals surface area contributed by atoms with Crippen LogP contribution in [0.25, 0.3) is 11.3 Å². The fourth-order valence-electron chi connectivity index (χ4n) is 4.61. The van der Waals surface area contributed by atoms with Gasteiger partial charge >= 0.3 is 0 Å². The van der Waals surface area contributed by atoms with Crippen molar-refractivity contribution in [1.29, 1.82) is 0 Å². The molecule has 1 aliphatic heterocycles. The lowest BCUT2D eigenvalue weighted by molar-refractivity contribution is -0.384. The second-order valence-electron chi connectivity index (χ2n) is 9.65. The first kappa shape index (κ1) is 28.1. The predicted octanol–water partition coefficient (Wildman–Crippen LogP) is 6.68. The number of ether oxygens (including phenoxy) is 1. The van der Waals surface area contributed by atoms with Gasteiger partial charge in [0.1, 0.15) is 23.3 Å². The van der Waals surface area contributed by atoms with Gasteiger partial charge in [0.25, 0.3) is 5.69 Å². The second-order valence-corrected chi connectivity index (χ2v) is 10.4. The number of nitro benzene ring substituents is 1. The molecule has 10 nitrogen and oxygen atoms in total. The van der Waals surface area contributed by atoms with E-state index in [0.717, 1.165) is 5.69 Å². The predicted molar refractivity (Wildman–Crippen MR) is 160 cm³/mol. The zero-order valence-electron chi connectivity index (χ0n) is 22.3. The number of hydrogen-bond donors (Lipinski definition) is 2. The van der Waals surface area contributed by atoms with Crippen LogP contribution in [0, 0.1) is 16.0 Å². The summed E-state index contributed by atoms with van der Waals surface area (Å²) in [5.74, 6) is 0.998.